The van der Waals surface area contributed by atoms with Crippen LogP contribution in [0.25, 0.3) is 0 Å². The van der Waals surface area contributed by atoms with Crippen LogP contribution in [0.15, 0.2) is 48.5 Å². The van der Waals surface area contributed by atoms with Gasteiger partial charge in [-0.05, 0) is 12.1 Å². The number of methoxy groups -OCH3 is 2. The number of carbonyl (C=O) groups is 2. The second-order valence-corrected chi connectivity index (χ2v) is 9.84. The number of rotatable bonds is 7. The molecule has 3 atom stereocenters. The minimum Gasteiger partial charge on any atom is -0.497 e. The van der Waals surface area contributed by atoms with Crippen molar-refractivity contribution in [2.24, 2.45) is 0 Å². The van der Waals surface area contributed by atoms with Gasteiger partial charge in [-0.3, -0.25) is 14.9 Å². The van der Waals surface area contributed by atoms with Crippen molar-refractivity contribution in [3.63, 3.8) is 0 Å². The number of amides is 2. The molecule has 32 heavy (non-hydrogen) atoms. The molecule has 2 fully saturated rings. The van der Waals surface area contributed by atoms with Gasteiger partial charge in [0.1, 0.15) is 32.7 Å². The Hall–Kier alpha value is -2.47. The molecule has 2 saturated heterocycles. The van der Waals surface area contributed by atoms with E-state index in [9.17, 15) is 9.59 Å². The summed E-state index contributed by atoms with van der Waals surface area (Å²) in [7, 11) is 3.10. The van der Waals surface area contributed by atoms with E-state index >= 15 is 0 Å². The number of ether oxygens (including phenoxy) is 2. The maximum absolute atomic E-state index is 12.7. The van der Waals surface area contributed by atoms with Crippen LogP contribution in [0.2, 0.25) is 0 Å². The van der Waals surface area contributed by atoms with Gasteiger partial charge in [0.15, 0.2) is 0 Å². The number of hydrogen-bond donors (Lipinski definition) is 3. The Morgan fingerprint density at radius 2 is 1.88 bits per heavy atom. The maximum atomic E-state index is 12.7. The highest BCUT2D eigenvalue weighted by atomic mass is 32.2. The van der Waals surface area contributed by atoms with E-state index < -0.39 is 5.50 Å². The number of anilines is 2. The summed E-state index contributed by atoms with van der Waals surface area (Å²) in [6, 6.07) is 14.9. The van der Waals surface area contributed by atoms with Crippen LogP contribution in [0.3, 0.4) is 0 Å². The average molecular weight is 491 g/mol. The third-order valence-corrected chi connectivity index (χ3v) is 7.52. The van der Waals surface area contributed by atoms with Crippen molar-refractivity contribution in [3.05, 3.63) is 48.5 Å². The van der Waals surface area contributed by atoms with Crippen LogP contribution in [0.1, 0.15) is 0 Å². The van der Waals surface area contributed by atoms with E-state index in [0.29, 0.717) is 21.5 Å². The van der Waals surface area contributed by atoms with E-state index in [1.54, 1.807) is 32.4 Å². The number of carbonyl (C=O) groups excluding carboxylic acids is 2. The summed E-state index contributed by atoms with van der Waals surface area (Å²) < 4.78 is 11.1. The van der Waals surface area contributed by atoms with Gasteiger partial charge in [0.2, 0.25) is 11.8 Å². The van der Waals surface area contributed by atoms with E-state index in [0.717, 1.165) is 5.69 Å². The zero-order valence-corrected chi connectivity index (χ0v) is 19.8. The Labute approximate surface area is 199 Å². The Kier molecular flexibility index (Phi) is 7.09. The molecule has 0 saturated carbocycles. The first-order valence-corrected chi connectivity index (χ1v) is 12.1. The van der Waals surface area contributed by atoms with Crippen LogP contribution < -0.4 is 30.3 Å². The lowest BCUT2D eigenvalue weighted by Gasteiger charge is -2.36. The molecule has 0 radical (unpaired) electrons. The monoisotopic (exact) mass is 490 g/mol. The van der Waals surface area contributed by atoms with Gasteiger partial charge in [0, 0.05) is 29.6 Å². The van der Waals surface area contributed by atoms with Crippen molar-refractivity contribution in [1.29, 1.82) is 0 Å². The fourth-order valence-corrected chi connectivity index (χ4v) is 5.84. The lowest BCUT2D eigenvalue weighted by Crippen LogP contribution is -2.64. The molecule has 2 heterocycles. The van der Waals surface area contributed by atoms with Crippen LogP contribution in [-0.4, -0.2) is 53.0 Å². The molecule has 0 aromatic heterocycles. The highest BCUT2D eigenvalue weighted by Gasteiger charge is 2.47. The summed E-state index contributed by atoms with van der Waals surface area (Å²) in [6.07, 6.45) is -0.285. The Bertz CT molecular complexity index is 1000. The first-order chi connectivity index (χ1) is 15.5. The van der Waals surface area contributed by atoms with Crippen LogP contribution in [0.4, 0.5) is 11.4 Å². The predicted octanol–water partition coefficient (Wildman–Crippen LogP) is 2.61. The van der Waals surface area contributed by atoms with E-state index in [1.165, 1.54) is 23.5 Å². The molecule has 3 unspecified atom stereocenters. The minimum absolute atomic E-state index is 0.102. The van der Waals surface area contributed by atoms with Crippen molar-refractivity contribution < 1.29 is 19.1 Å². The second-order valence-electron chi connectivity index (χ2n) is 6.97. The molecule has 8 nitrogen and oxygen atoms in total. The lowest BCUT2D eigenvalue weighted by molar-refractivity contribution is -0.122. The van der Waals surface area contributed by atoms with Crippen LogP contribution >= 0.6 is 35.7 Å². The topological polar surface area (TPSA) is 91.9 Å². The normalized spacial score (nSPS) is 22.2. The number of nitrogens with zero attached hydrogens (tertiary/aromatic N) is 1. The molecule has 0 bridgehead atoms. The molecule has 2 aliphatic rings. The summed E-state index contributed by atoms with van der Waals surface area (Å²) >= 11 is 8.19. The molecular weight excluding hydrogens is 468 g/mol. The van der Waals surface area contributed by atoms with Crippen molar-refractivity contribution in [2.75, 3.05) is 30.2 Å². The van der Waals surface area contributed by atoms with Gasteiger partial charge < -0.3 is 25.0 Å². The summed E-state index contributed by atoms with van der Waals surface area (Å²) in [5.41, 5.74) is 1.07. The summed E-state index contributed by atoms with van der Waals surface area (Å²) in [5, 5.41) is 8.82. The number of thiocarbonyl (C=S) groups is 1. The van der Waals surface area contributed by atoms with E-state index in [4.69, 9.17) is 21.7 Å². The van der Waals surface area contributed by atoms with Crippen molar-refractivity contribution in [3.8, 4) is 11.5 Å². The summed E-state index contributed by atoms with van der Waals surface area (Å²) in [5.74, 6) is 0.984. The Balaban J connectivity index is 1.39. The molecular formula is C21H22N4O4S3. The van der Waals surface area contributed by atoms with E-state index in [-0.39, 0.29) is 29.0 Å². The zero-order valence-electron chi connectivity index (χ0n) is 17.4. The molecule has 2 aromatic carbocycles. The smallest absolute Gasteiger partial charge is 0.238 e. The quantitative estimate of drug-likeness (QED) is 0.507. The van der Waals surface area contributed by atoms with Crippen molar-refractivity contribution in [2.45, 2.75) is 16.9 Å². The molecule has 2 aliphatic heterocycles. The predicted molar refractivity (Wildman–Crippen MR) is 132 cm³/mol. The van der Waals surface area contributed by atoms with Gasteiger partial charge in [-0.2, -0.15) is 0 Å². The summed E-state index contributed by atoms with van der Waals surface area (Å²) in [4.78, 5) is 27.2. The van der Waals surface area contributed by atoms with Gasteiger partial charge in [-0.15, -0.1) is 11.8 Å². The SMILES string of the molecule is COc1cc(NC(=O)CSC2NC(=O)C3SC(=S)N(c4ccccc4)C3N2)cc(OC)c1. The van der Waals surface area contributed by atoms with Crippen molar-refractivity contribution in [1.82, 2.24) is 10.6 Å². The van der Waals surface area contributed by atoms with Gasteiger partial charge >= 0.3 is 0 Å². The largest absolute Gasteiger partial charge is 0.497 e. The van der Waals surface area contributed by atoms with Gasteiger partial charge in [0.05, 0.1) is 20.0 Å². The van der Waals surface area contributed by atoms with E-state index in [1.807, 2.05) is 35.2 Å². The number of nitrogens with one attached hydrogen (secondary N) is 3. The first-order valence-electron chi connectivity index (χ1n) is 9.74. The number of thioether (sulfide) groups is 2. The van der Waals surface area contributed by atoms with Crippen LogP contribution in [0.5, 0.6) is 11.5 Å². The molecule has 0 spiro atoms. The molecule has 168 valence electrons. The Morgan fingerprint density at radius 1 is 1.19 bits per heavy atom. The van der Waals surface area contributed by atoms with Crippen molar-refractivity contribution >= 4 is 63.3 Å². The molecule has 0 aliphatic carbocycles. The number of benzene rings is 2. The van der Waals surface area contributed by atoms with Gasteiger partial charge in [-0.25, -0.2) is 0 Å². The third kappa shape index (κ3) is 4.96. The molecule has 11 heteroatoms. The number of fused-ring (bicyclic) bond motifs is 1. The third-order valence-electron chi connectivity index (χ3n) is 4.89. The lowest BCUT2D eigenvalue weighted by atomic mass is 10.2. The fraction of sp³-hybridized carbons (Fsp3) is 0.286. The Morgan fingerprint density at radius 3 is 2.53 bits per heavy atom. The molecule has 4 rings (SSSR count). The summed E-state index contributed by atoms with van der Waals surface area (Å²) in [6.45, 7) is 0. The van der Waals surface area contributed by atoms with Gasteiger partial charge in [0.25, 0.3) is 0 Å². The highest BCUT2D eigenvalue weighted by Crippen LogP contribution is 2.37. The first kappa shape index (κ1) is 22.7. The molecule has 2 amide bonds. The minimum atomic E-state index is -0.429. The number of para-hydroxylation sites is 1. The maximum Gasteiger partial charge on any atom is 0.238 e. The standard InChI is InChI=1S/C21H22N4O4S3/c1-28-14-8-12(9-15(10-14)29-2)22-16(26)11-31-20-23-18-17(19(27)24-20)32-21(30)25(18)13-6-4-3-5-7-13/h3-10,17-18,20,23H,11H2,1-2H3,(H,22,26)(H,24,27). The van der Waals surface area contributed by atoms with Gasteiger partial charge in [-0.1, -0.05) is 42.2 Å². The zero-order chi connectivity index (χ0) is 22.7. The fourth-order valence-electron chi connectivity index (χ4n) is 3.43. The van der Waals surface area contributed by atoms with Crippen LogP contribution in [0, 0.1) is 0 Å². The van der Waals surface area contributed by atoms with E-state index in [2.05, 4.69) is 16.0 Å². The average Bonchev–Trinajstić information content (AvgIpc) is 3.14. The molecule has 2 aromatic rings. The van der Waals surface area contributed by atoms with Crippen LogP contribution in [-0.2, 0) is 9.59 Å². The molecule has 3 N–H and O–H groups in total. The second kappa shape index (κ2) is 9.99. The number of hydrogen-bond acceptors (Lipinski definition) is 8. The highest BCUT2D eigenvalue weighted by molar-refractivity contribution is 8.24.